The van der Waals surface area contributed by atoms with Crippen molar-refractivity contribution in [3.8, 4) is 11.8 Å². The van der Waals surface area contributed by atoms with Crippen molar-refractivity contribution in [3.63, 3.8) is 0 Å². The summed E-state index contributed by atoms with van der Waals surface area (Å²) in [7, 11) is 1.75. The number of halogens is 1. The zero-order valence-electron chi connectivity index (χ0n) is 11.8. The van der Waals surface area contributed by atoms with Crippen molar-refractivity contribution in [2.24, 2.45) is 12.8 Å². The first-order valence-corrected chi connectivity index (χ1v) is 6.31. The van der Waals surface area contributed by atoms with Crippen LogP contribution in [-0.2, 0) is 7.05 Å². The van der Waals surface area contributed by atoms with Crippen LogP contribution in [0.1, 0.15) is 21.6 Å². The number of benzene rings is 1. The molecule has 0 fully saturated rings. The van der Waals surface area contributed by atoms with Gasteiger partial charge in [0.15, 0.2) is 0 Å². The molecule has 0 aliphatic heterocycles. The second-order valence-corrected chi connectivity index (χ2v) is 4.42. The van der Waals surface area contributed by atoms with Crippen molar-refractivity contribution >= 4 is 11.6 Å². The van der Waals surface area contributed by atoms with Gasteiger partial charge in [0.2, 0.25) is 0 Å². The summed E-state index contributed by atoms with van der Waals surface area (Å²) < 4.78 is 15.2. The van der Waals surface area contributed by atoms with Crippen molar-refractivity contribution in [3.05, 3.63) is 47.0 Å². The largest absolute Gasteiger partial charge is 0.322 e. The van der Waals surface area contributed by atoms with E-state index in [1.165, 1.54) is 24.4 Å². The van der Waals surface area contributed by atoms with Crippen LogP contribution in [-0.4, -0.2) is 22.2 Å². The normalized spacial score (nSPS) is 9.90. The highest BCUT2D eigenvalue weighted by Gasteiger charge is 2.13. The maximum absolute atomic E-state index is 13.6. The topological polar surface area (TPSA) is 72.9 Å². The Morgan fingerprint density at radius 2 is 2.29 bits per heavy atom. The Kier molecular flexibility index (Phi) is 4.36. The van der Waals surface area contributed by atoms with Crippen molar-refractivity contribution in [2.45, 2.75) is 6.92 Å². The van der Waals surface area contributed by atoms with Crippen molar-refractivity contribution in [1.29, 1.82) is 0 Å². The Hall–Kier alpha value is -2.65. The Balaban J connectivity index is 2.24. The fourth-order valence-corrected chi connectivity index (χ4v) is 1.77. The average molecular weight is 286 g/mol. The molecule has 0 saturated heterocycles. The van der Waals surface area contributed by atoms with E-state index in [9.17, 15) is 9.18 Å². The van der Waals surface area contributed by atoms with Crippen LogP contribution in [0, 0.1) is 24.6 Å². The molecule has 2 aromatic rings. The van der Waals surface area contributed by atoms with Crippen molar-refractivity contribution in [1.82, 2.24) is 9.78 Å². The van der Waals surface area contributed by atoms with E-state index in [1.807, 2.05) is 0 Å². The minimum Gasteiger partial charge on any atom is -0.322 e. The van der Waals surface area contributed by atoms with E-state index in [0.29, 0.717) is 11.3 Å². The molecule has 1 aromatic heterocycles. The number of anilines is 1. The first-order valence-electron chi connectivity index (χ1n) is 6.31. The number of hydrogen-bond acceptors (Lipinski definition) is 3. The second-order valence-electron chi connectivity index (χ2n) is 4.42. The number of nitrogens with one attached hydrogen (secondary N) is 1. The van der Waals surface area contributed by atoms with E-state index >= 15 is 0 Å². The molecule has 21 heavy (non-hydrogen) atoms. The van der Waals surface area contributed by atoms with Crippen LogP contribution < -0.4 is 11.1 Å². The number of carbonyl (C=O) groups is 1. The second kappa shape index (κ2) is 6.20. The van der Waals surface area contributed by atoms with Crippen LogP contribution in [0.4, 0.5) is 10.1 Å². The molecule has 1 amide bonds. The molecule has 0 bridgehead atoms. The first-order chi connectivity index (χ1) is 10.0. The van der Waals surface area contributed by atoms with Crippen LogP contribution in [0.3, 0.4) is 0 Å². The van der Waals surface area contributed by atoms with Gasteiger partial charge >= 0.3 is 0 Å². The van der Waals surface area contributed by atoms with Gasteiger partial charge in [0.25, 0.3) is 5.91 Å². The quantitative estimate of drug-likeness (QED) is 0.820. The van der Waals surface area contributed by atoms with Crippen LogP contribution in [0.5, 0.6) is 0 Å². The third-order valence-corrected chi connectivity index (χ3v) is 3.03. The molecular formula is C15H15FN4O. The molecule has 2 rings (SSSR count). The predicted molar refractivity (Wildman–Crippen MR) is 78.2 cm³/mol. The Morgan fingerprint density at radius 1 is 1.52 bits per heavy atom. The summed E-state index contributed by atoms with van der Waals surface area (Å²) in [5.74, 6) is 4.45. The van der Waals surface area contributed by atoms with Gasteiger partial charge in [-0.05, 0) is 25.1 Å². The molecule has 1 heterocycles. The standard InChI is InChI=1S/C15H15FN4O/c1-10-13(9-18-20(10)2)15(21)19-12-5-6-14(16)11(8-12)4-3-7-17/h5-6,8-9H,7,17H2,1-2H3,(H,19,21). The van der Waals surface area contributed by atoms with Gasteiger partial charge in [-0.25, -0.2) is 4.39 Å². The van der Waals surface area contributed by atoms with Crippen LogP contribution >= 0.6 is 0 Å². The van der Waals surface area contributed by atoms with Crippen molar-refractivity contribution < 1.29 is 9.18 Å². The molecule has 1 aromatic carbocycles. The van der Waals surface area contributed by atoms with E-state index < -0.39 is 5.82 Å². The smallest absolute Gasteiger partial charge is 0.259 e. The summed E-state index contributed by atoms with van der Waals surface area (Å²) >= 11 is 0. The van der Waals surface area contributed by atoms with Crippen LogP contribution in [0.25, 0.3) is 0 Å². The highest BCUT2D eigenvalue weighted by molar-refractivity contribution is 6.04. The maximum atomic E-state index is 13.6. The SMILES string of the molecule is Cc1c(C(=O)Nc2ccc(F)c(C#CCN)c2)cnn1C. The molecule has 0 saturated carbocycles. The predicted octanol–water partition coefficient (Wildman–Crippen LogP) is 1.43. The summed E-state index contributed by atoms with van der Waals surface area (Å²) in [6, 6.07) is 4.21. The number of aromatic nitrogens is 2. The summed E-state index contributed by atoms with van der Waals surface area (Å²) in [5, 5.41) is 6.71. The monoisotopic (exact) mass is 286 g/mol. The number of carbonyl (C=O) groups excluding carboxylic acids is 1. The fourth-order valence-electron chi connectivity index (χ4n) is 1.77. The van der Waals surface area contributed by atoms with Gasteiger partial charge in [-0.2, -0.15) is 5.10 Å². The average Bonchev–Trinajstić information content (AvgIpc) is 2.79. The van der Waals surface area contributed by atoms with E-state index in [1.54, 1.807) is 18.7 Å². The summed E-state index contributed by atoms with van der Waals surface area (Å²) in [6.45, 7) is 1.94. The fraction of sp³-hybridized carbons (Fsp3) is 0.200. The molecule has 0 spiro atoms. The lowest BCUT2D eigenvalue weighted by Crippen LogP contribution is -2.13. The van der Waals surface area contributed by atoms with Gasteiger partial charge in [-0.1, -0.05) is 11.8 Å². The summed E-state index contributed by atoms with van der Waals surface area (Å²) in [6.07, 6.45) is 1.49. The highest BCUT2D eigenvalue weighted by atomic mass is 19.1. The number of rotatable bonds is 2. The zero-order valence-corrected chi connectivity index (χ0v) is 11.8. The van der Waals surface area contributed by atoms with Gasteiger partial charge in [0.1, 0.15) is 5.82 Å². The third-order valence-electron chi connectivity index (χ3n) is 3.03. The Bertz CT molecular complexity index is 740. The number of amides is 1. The lowest BCUT2D eigenvalue weighted by molar-refractivity contribution is 0.102. The van der Waals surface area contributed by atoms with Gasteiger partial charge in [-0.3, -0.25) is 9.48 Å². The minimum atomic E-state index is -0.452. The molecular weight excluding hydrogens is 271 g/mol. The molecule has 0 aliphatic rings. The minimum absolute atomic E-state index is 0.144. The summed E-state index contributed by atoms with van der Waals surface area (Å²) in [4.78, 5) is 12.1. The van der Waals surface area contributed by atoms with E-state index in [4.69, 9.17) is 5.73 Å². The molecule has 5 nitrogen and oxygen atoms in total. The number of aryl methyl sites for hydroxylation is 1. The number of nitrogens with zero attached hydrogens (tertiary/aromatic N) is 2. The van der Waals surface area contributed by atoms with Gasteiger partial charge in [0.05, 0.1) is 23.9 Å². The number of nitrogens with two attached hydrogens (primary N) is 1. The van der Waals surface area contributed by atoms with Crippen molar-refractivity contribution in [2.75, 3.05) is 11.9 Å². The third kappa shape index (κ3) is 3.27. The van der Waals surface area contributed by atoms with E-state index in [0.717, 1.165) is 5.69 Å². The first kappa shape index (κ1) is 14.8. The highest BCUT2D eigenvalue weighted by Crippen LogP contribution is 2.16. The molecule has 0 aliphatic carbocycles. The molecule has 0 radical (unpaired) electrons. The zero-order chi connectivity index (χ0) is 15.4. The van der Waals surface area contributed by atoms with Gasteiger partial charge < -0.3 is 11.1 Å². The lowest BCUT2D eigenvalue weighted by Gasteiger charge is -2.06. The molecule has 0 atom stereocenters. The van der Waals surface area contributed by atoms with Gasteiger partial charge in [0, 0.05) is 18.4 Å². The van der Waals surface area contributed by atoms with Crippen LogP contribution in [0.2, 0.25) is 0 Å². The molecule has 3 N–H and O–H groups in total. The van der Waals surface area contributed by atoms with E-state index in [-0.39, 0.29) is 18.0 Å². The maximum Gasteiger partial charge on any atom is 0.259 e. The molecule has 108 valence electrons. The summed E-state index contributed by atoms with van der Waals surface area (Å²) in [5.41, 5.74) is 7.14. The Labute approximate surface area is 122 Å². The van der Waals surface area contributed by atoms with Crippen LogP contribution in [0.15, 0.2) is 24.4 Å². The lowest BCUT2D eigenvalue weighted by atomic mass is 10.1. The molecule has 0 unspecified atom stereocenters. The molecule has 6 heteroatoms. The van der Waals surface area contributed by atoms with E-state index in [2.05, 4.69) is 22.3 Å². The van der Waals surface area contributed by atoms with Gasteiger partial charge in [-0.15, -0.1) is 0 Å². The Morgan fingerprint density at radius 3 is 2.90 bits per heavy atom. The number of hydrogen-bond donors (Lipinski definition) is 2.